The summed E-state index contributed by atoms with van der Waals surface area (Å²) in [6, 6.07) is 6.86. The average molecular weight is 296 g/mol. The SMILES string of the molecule is CC(=O)O[C@H]1CO[C@H](COC(=O)c2ccc(C)cc2)[C@H]1F. The molecule has 0 spiro atoms. The normalized spacial score (nSPS) is 24.6. The van der Waals surface area contributed by atoms with Gasteiger partial charge < -0.3 is 14.2 Å². The first-order valence-corrected chi connectivity index (χ1v) is 6.64. The Hall–Kier alpha value is -1.95. The molecule has 1 aromatic carbocycles. The molecule has 0 radical (unpaired) electrons. The number of aryl methyl sites for hydroxylation is 1. The van der Waals surface area contributed by atoms with E-state index in [-0.39, 0.29) is 13.2 Å². The van der Waals surface area contributed by atoms with Gasteiger partial charge in [0.05, 0.1) is 12.2 Å². The van der Waals surface area contributed by atoms with Crippen molar-refractivity contribution in [2.45, 2.75) is 32.2 Å². The third kappa shape index (κ3) is 4.01. The molecule has 21 heavy (non-hydrogen) atoms. The maximum Gasteiger partial charge on any atom is 0.338 e. The van der Waals surface area contributed by atoms with Crippen LogP contribution in [0.15, 0.2) is 24.3 Å². The van der Waals surface area contributed by atoms with Crippen molar-refractivity contribution in [1.82, 2.24) is 0 Å². The van der Waals surface area contributed by atoms with E-state index >= 15 is 0 Å². The molecule has 5 nitrogen and oxygen atoms in total. The molecule has 114 valence electrons. The summed E-state index contributed by atoms with van der Waals surface area (Å²) in [7, 11) is 0. The Bertz CT molecular complexity index is 513. The van der Waals surface area contributed by atoms with Crippen molar-refractivity contribution in [2.24, 2.45) is 0 Å². The quantitative estimate of drug-likeness (QED) is 0.793. The Morgan fingerprint density at radius 2 is 2.00 bits per heavy atom. The molecule has 0 unspecified atom stereocenters. The smallest absolute Gasteiger partial charge is 0.338 e. The summed E-state index contributed by atoms with van der Waals surface area (Å²) in [4.78, 5) is 22.6. The zero-order valence-corrected chi connectivity index (χ0v) is 11.9. The molecule has 0 saturated carbocycles. The van der Waals surface area contributed by atoms with Gasteiger partial charge in [-0.25, -0.2) is 9.18 Å². The standard InChI is InChI=1S/C15H17FO5/c1-9-3-5-11(6-4-9)15(18)20-7-12-14(16)13(8-19-12)21-10(2)17/h3-6,12-14H,7-8H2,1-2H3/t12-,13+,14-/m1/s1. The van der Waals surface area contributed by atoms with Crippen molar-refractivity contribution in [3.05, 3.63) is 35.4 Å². The lowest BCUT2D eigenvalue weighted by Gasteiger charge is -2.15. The largest absolute Gasteiger partial charge is 0.459 e. The van der Waals surface area contributed by atoms with Gasteiger partial charge in [0.15, 0.2) is 12.3 Å². The zero-order valence-electron chi connectivity index (χ0n) is 11.9. The van der Waals surface area contributed by atoms with E-state index in [9.17, 15) is 14.0 Å². The monoisotopic (exact) mass is 296 g/mol. The van der Waals surface area contributed by atoms with Gasteiger partial charge in [-0.1, -0.05) is 17.7 Å². The Balaban J connectivity index is 1.84. The van der Waals surface area contributed by atoms with Crippen LogP contribution in [0.3, 0.4) is 0 Å². The lowest BCUT2D eigenvalue weighted by Crippen LogP contribution is -2.32. The Kier molecular flexibility index (Phi) is 4.90. The summed E-state index contributed by atoms with van der Waals surface area (Å²) < 4.78 is 28.9. The van der Waals surface area contributed by atoms with Crippen LogP contribution in [0, 0.1) is 6.92 Å². The fraction of sp³-hybridized carbons (Fsp3) is 0.467. The number of benzene rings is 1. The Morgan fingerprint density at radius 3 is 2.62 bits per heavy atom. The van der Waals surface area contributed by atoms with Gasteiger partial charge in [0.2, 0.25) is 0 Å². The number of carbonyl (C=O) groups excluding carboxylic acids is 2. The van der Waals surface area contributed by atoms with E-state index in [0.717, 1.165) is 5.56 Å². The highest BCUT2D eigenvalue weighted by atomic mass is 19.1. The molecule has 1 heterocycles. The van der Waals surface area contributed by atoms with E-state index < -0.39 is 30.3 Å². The second kappa shape index (κ2) is 6.67. The minimum Gasteiger partial charge on any atom is -0.459 e. The van der Waals surface area contributed by atoms with E-state index in [1.54, 1.807) is 24.3 Å². The van der Waals surface area contributed by atoms with Crippen molar-refractivity contribution in [2.75, 3.05) is 13.2 Å². The molecule has 6 heteroatoms. The Morgan fingerprint density at radius 1 is 1.33 bits per heavy atom. The van der Waals surface area contributed by atoms with E-state index in [1.807, 2.05) is 6.92 Å². The number of hydrogen-bond acceptors (Lipinski definition) is 5. The van der Waals surface area contributed by atoms with Crippen molar-refractivity contribution in [1.29, 1.82) is 0 Å². The van der Waals surface area contributed by atoms with Crippen molar-refractivity contribution in [3.8, 4) is 0 Å². The van der Waals surface area contributed by atoms with Crippen molar-refractivity contribution in [3.63, 3.8) is 0 Å². The van der Waals surface area contributed by atoms with Gasteiger partial charge in [-0.15, -0.1) is 0 Å². The second-order valence-electron chi connectivity index (χ2n) is 4.93. The molecule has 0 amide bonds. The lowest BCUT2D eigenvalue weighted by atomic mass is 10.1. The van der Waals surface area contributed by atoms with Crippen LogP contribution in [0.5, 0.6) is 0 Å². The number of hydrogen-bond donors (Lipinski definition) is 0. The predicted octanol–water partition coefficient (Wildman–Crippen LogP) is 1.82. The Labute approximate surface area is 122 Å². The van der Waals surface area contributed by atoms with E-state index in [0.29, 0.717) is 5.56 Å². The van der Waals surface area contributed by atoms with Crippen molar-refractivity contribution >= 4 is 11.9 Å². The van der Waals surface area contributed by atoms with Gasteiger partial charge in [-0.05, 0) is 19.1 Å². The van der Waals surface area contributed by atoms with Gasteiger partial charge in [0.1, 0.15) is 12.7 Å². The van der Waals surface area contributed by atoms with Crippen LogP contribution in [-0.2, 0) is 19.0 Å². The highest BCUT2D eigenvalue weighted by molar-refractivity contribution is 5.89. The molecule has 1 aromatic rings. The third-order valence-corrected chi connectivity index (χ3v) is 3.17. The van der Waals surface area contributed by atoms with Crippen molar-refractivity contribution < 1.29 is 28.2 Å². The van der Waals surface area contributed by atoms with Crippen LogP contribution in [0.4, 0.5) is 4.39 Å². The van der Waals surface area contributed by atoms with Gasteiger partial charge >= 0.3 is 11.9 Å². The first-order valence-electron chi connectivity index (χ1n) is 6.64. The number of ether oxygens (including phenoxy) is 3. The maximum absolute atomic E-state index is 13.9. The first kappa shape index (κ1) is 15.4. The van der Waals surface area contributed by atoms with Gasteiger partial charge in [-0.3, -0.25) is 4.79 Å². The van der Waals surface area contributed by atoms with Crippen LogP contribution >= 0.6 is 0 Å². The molecule has 1 aliphatic heterocycles. The maximum atomic E-state index is 13.9. The summed E-state index contributed by atoms with van der Waals surface area (Å²) in [5.41, 5.74) is 1.42. The van der Waals surface area contributed by atoms with Crippen LogP contribution in [0.1, 0.15) is 22.8 Å². The van der Waals surface area contributed by atoms with E-state index in [1.165, 1.54) is 6.92 Å². The van der Waals surface area contributed by atoms with Crippen LogP contribution < -0.4 is 0 Å². The molecule has 1 fully saturated rings. The molecule has 3 atom stereocenters. The highest BCUT2D eigenvalue weighted by Gasteiger charge is 2.40. The molecule has 1 saturated heterocycles. The molecular weight excluding hydrogens is 279 g/mol. The average Bonchev–Trinajstić information content (AvgIpc) is 2.77. The highest BCUT2D eigenvalue weighted by Crippen LogP contribution is 2.21. The fourth-order valence-electron chi connectivity index (χ4n) is 2.02. The number of esters is 2. The topological polar surface area (TPSA) is 61.8 Å². The summed E-state index contributed by atoms with van der Waals surface area (Å²) >= 11 is 0. The number of alkyl halides is 1. The summed E-state index contributed by atoms with van der Waals surface area (Å²) in [5.74, 6) is -1.11. The van der Waals surface area contributed by atoms with E-state index in [4.69, 9.17) is 14.2 Å². The molecule has 0 bridgehead atoms. The fourth-order valence-corrected chi connectivity index (χ4v) is 2.02. The first-order chi connectivity index (χ1) is 9.97. The van der Waals surface area contributed by atoms with Gasteiger partial charge in [0.25, 0.3) is 0 Å². The summed E-state index contributed by atoms with van der Waals surface area (Å²) in [5, 5.41) is 0. The number of carbonyl (C=O) groups is 2. The van der Waals surface area contributed by atoms with Crippen LogP contribution in [0.25, 0.3) is 0 Å². The van der Waals surface area contributed by atoms with Crippen LogP contribution in [-0.4, -0.2) is 43.5 Å². The lowest BCUT2D eigenvalue weighted by molar-refractivity contribution is -0.148. The van der Waals surface area contributed by atoms with Gasteiger partial charge in [-0.2, -0.15) is 0 Å². The zero-order chi connectivity index (χ0) is 15.4. The summed E-state index contributed by atoms with van der Waals surface area (Å²) in [6.45, 7) is 2.86. The molecular formula is C15H17FO5. The minimum absolute atomic E-state index is 0.0342. The second-order valence-corrected chi connectivity index (χ2v) is 4.93. The number of halogens is 1. The molecule has 2 rings (SSSR count). The third-order valence-electron chi connectivity index (χ3n) is 3.17. The molecule has 0 N–H and O–H groups in total. The van der Waals surface area contributed by atoms with Crippen LogP contribution in [0.2, 0.25) is 0 Å². The minimum atomic E-state index is -1.50. The summed E-state index contributed by atoms with van der Waals surface area (Å²) in [6.07, 6.45) is -3.35. The van der Waals surface area contributed by atoms with E-state index in [2.05, 4.69) is 0 Å². The predicted molar refractivity (Wildman–Crippen MR) is 71.7 cm³/mol. The molecule has 0 aliphatic carbocycles. The molecule has 1 aliphatic rings. The molecule has 0 aromatic heterocycles. The number of rotatable bonds is 4. The van der Waals surface area contributed by atoms with Gasteiger partial charge in [0, 0.05) is 6.92 Å².